The zero-order valence-electron chi connectivity index (χ0n) is 5.20. The van der Waals surface area contributed by atoms with Gasteiger partial charge in [-0.25, -0.2) is 4.79 Å². The van der Waals surface area contributed by atoms with E-state index in [4.69, 9.17) is 0 Å². The summed E-state index contributed by atoms with van der Waals surface area (Å²) >= 11 is 0. The van der Waals surface area contributed by atoms with Crippen molar-refractivity contribution in [3.63, 3.8) is 0 Å². The summed E-state index contributed by atoms with van der Waals surface area (Å²) in [5.41, 5.74) is -2.20. The van der Waals surface area contributed by atoms with Crippen LogP contribution in [0.2, 0.25) is 0 Å². The molecule has 11 heavy (non-hydrogen) atoms. The normalized spacial score (nSPS) is 9.55. The van der Waals surface area contributed by atoms with Crippen LogP contribution in [0.1, 0.15) is 0 Å². The third-order valence-corrected chi connectivity index (χ3v) is 1.07. The van der Waals surface area contributed by atoms with Crippen LogP contribution in [0.5, 0.6) is 0 Å². The molecule has 0 spiro atoms. The summed E-state index contributed by atoms with van der Waals surface area (Å²) in [5.74, 6) is -1.17. The monoisotopic (exact) mass is 158 g/mol. The second-order valence-electron chi connectivity index (χ2n) is 1.72. The Kier molecular flexibility index (Phi) is 1.67. The molecule has 0 bridgehead atoms. The number of nitrogens with one attached hydrogen (secondary N) is 1. The number of halogens is 1. The van der Waals surface area contributed by atoms with Crippen LogP contribution >= 0.6 is 0 Å². The lowest BCUT2D eigenvalue weighted by Crippen LogP contribution is -2.36. The molecule has 0 amide bonds. The van der Waals surface area contributed by atoms with Crippen LogP contribution in [0.25, 0.3) is 0 Å². The maximum absolute atomic E-state index is 12.3. The Bertz CT molecular complexity index is 391. The van der Waals surface area contributed by atoms with Gasteiger partial charge in [-0.15, -0.1) is 0 Å². The third kappa shape index (κ3) is 1.09. The molecule has 0 saturated carbocycles. The van der Waals surface area contributed by atoms with E-state index in [1.54, 1.807) is 0 Å². The number of carbonyl (C=O) groups is 1. The molecule has 0 aromatic carbocycles. The maximum atomic E-state index is 12.3. The SMILES string of the molecule is O=Cn1c(=O)[nH]cc(F)c1=O. The van der Waals surface area contributed by atoms with E-state index in [0.717, 1.165) is 0 Å². The van der Waals surface area contributed by atoms with Crippen molar-refractivity contribution < 1.29 is 9.18 Å². The number of hydrogen-bond donors (Lipinski definition) is 1. The van der Waals surface area contributed by atoms with Gasteiger partial charge in [-0.1, -0.05) is 0 Å². The van der Waals surface area contributed by atoms with Crippen LogP contribution in [-0.2, 0) is 4.79 Å². The van der Waals surface area contributed by atoms with Gasteiger partial charge in [0.05, 0.1) is 0 Å². The Balaban J connectivity index is 3.68. The summed E-state index contributed by atoms with van der Waals surface area (Å²) in [6, 6.07) is 0. The lowest BCUT2D eigenvalue weighted by molar-refractivity contribution is 0.531. The number of nitrogens with zero attached hydrogens (tertiary/aromatic N) is 1. The van der Waals surface area contributed by atoms with Crippen molar-refractivity contribution in [1.82, 2.24) is 9.55 Å². The van der Waals surface area contributed by atoms with Gasteiger partial charge in [0, 0.05) is 6.20 Å². The molecule has 1 rings (SSSR count). The average Bonchev–Trinajstić information content (AvgIpc) is 1.99. The second kappa shape index (κ2) is 2.49. The van der Waals surface area contributed by atoms with Crippen molar-refractivity contribution in [3.05, 3.63) is 32.9 Å². The Morgan fingerprint density at radius 3 is 2.64 bits per heavy atom. The van der Waals surface area contributed by atoms with Crippen molar-refractivity contribution in [1.29, 1.82) is 0 Å². The van der Waals surface area contributed by atoms with E-state index in [-0.39, 0.29) is 11.0 Å². The summed E-state index contributed by atoms with van der Waals surface area (Å²) in [6.07, 6.45) is 0.551. The number of rotatable bonds is 1. The molecule has 0 radical (unpaired) electrons. The predicted molar refractivity (Wildman–Crippen MR) is 33.4 cm³/mol. The van der Waals surface area contributed by atoms with Gasteiger partial charge in [0.15, 0.2) is 0 Å². The molecule has 0 atom stereocenters. The molecule has 1 N–H and O–H groups in total. The molecule has 1 aromatic heterocycles. The highest BCUT2D eigenvalue weighted by atomic mass is 19.1. The van der Waals surface area contributed by atoms with E-state index in [2.05, 4.69) is 0 Å². The molecular formula is C5H3FN2O3. The summed E-state index contributed by atoms with van der Waals surface area (Å²) in [6.45, 7) is 0. The van der Waals surface area contributed by atoms with E-state index in [1.807, 2.05) is 4.98 Å². The molecule has 0 unspecified atom stereocenters. The number of aromatic amines is 1. The van der Waals surface area contributed by atoms with Gasteiger partial charge in [-0.2, -0.15) is 8.96 Å². The van der Waals surface area contributed by atoms with Gasteiger partial charge < -0.3 is 4.98 Å². The first kappa shape index (κ1) is 7.39. The molecule has 1 aromatic rings. The number of aromatic nitrogens is 2. The smallest absolute Gasteiger partial charge is 0.311 e. The number of carbonyl (C=O) groups excluding carboxylic acids is 1. The summed E-state index contributed by atoms with van der Waals surface area (Å²) in [4.78, 5) is 32.9. The molecule has 58 valence electrons. The third-order valence-electron chi connectivity index (χ3n) is 1.07. The lowest BCUT2D eigenvalue weighted by Gasteiger charge is -1.90. The van der Waals surface area contributed by atoms with Crippen molar-refractivity contribution in [2.45, 2.75) is 0 Å². The lowest BCUT2D eigenvalue weighted by atomic mass is 10.6. The van der Waals surface area contributed by atoms with E-state index in [1.165, 1.54) is 0 Å². The van der Waals surface area contributed by atoms with Crippen molar-refractivity contribution >= 4 is 6.41 Å². The van der Waals surface area contributed by atoms with Crippen molar-refractivity contribution in [3.8, 4) is 0 Å². The van der Waals surface area contributed by atoms with Crippen LogP contribution in [0.3, 0.4) is 0 Å². The molecule has 6 heteroatoms. The summed E-state index contributed by atoms with van der Waals surface area (Å²) in [5, 5.41) is 0. The van der Waals surface area contributed by atoms with Crippen LogP contribution in [0, 0.1) is 5.82 Å². The average molecular weight is 158 g/mol. The van der Waals surface area contributed by atoms with E-state index >= 15 is 0 Å². The number of H-pyrrole nitrogens is 1. The minimum absolute atomic E-state index is 0.0513. The van der Waals surface area contributed by atoms with Crippen molar-refractivity contribution in [2.24, 2.45) is 0 Å². The molecule has 0 aliphatic heterocycles. The van der Waals surface area contributed by atoms with Gasteiger partial charge in [0.25, 0.3) is 5.56 Å². The topological polar surface area (TPSA) is 71.9 Å². The van der Waals surface area contributed by atoms with Crippen LogP contribution in [0.15, 0.2) is 15.8 Å². The Morgan fingerprint density at radius 1 is 1.55 bits per heavy atom. The summed E-state index contributed by atoms with van der Waals surface area (Å²) < 4.78 is 12.4. The van der Waals surface area contributed by atoms with Gasteiger partial charge in [0.1, 0.15) is 0 Å². The standard InChI is InChI=1S/C5H3FN2O3/c6-3-1-7-5(11)8(2-9)4(3)10/h1-2H,(H,7,11). The fraction of sp³-hybridized carbons (Fsp3) is 0. The highest BCUT2D eigenvalue weighted by Gasteiger charge is 2.03. The highest BCUT2D eigenvalue weighted by molar-refractivity contribution is 5.50. The quantitative estimate of drug-likeness (QED) is 0.517. The fourth-order valence-corrected chi connectivity index (χ4v) is 0.559. The predicted octanol–water partition coefficient (Wildman–Crippen LogP) is -1.29. The fourth-order valence-electron chi connectivity index (χ4n) is 0.559. The van der Waals surface area contributed by atoms with Crippen LogP contribution < -0.4 is 11.2 Å². The van der Waals surface area contributed by atoms with E-state index < -0.39 is 17.1 Å². The largest absolute Gasteiger partial charge is 0.335 e. The zero-order valence-corrected chi connectivity index (χ0v) is 5.20. The first-order valence-electron chi connectivity index (χ1n) is 2.62. The minimum Gasteiger partial charge on any atom is -0.311 e. The van der Waals surface area contributed by atoms with E-state index in [9.17, 15) is 18.8 Å². The molecule has 0 aliphatic carbocycles. The Labute approximate surface area is 59.1 Å². The first-order valence-corrected chi connectivity index (χ1v) is 2.62. The highest BCUT2D eigenvalue weighted by Crippen LogP contribution is 1.76. The minimum atomic E-state index is -1.25. The Morgan fingerprint density at radius 2 is 2.18 bits per heavy atom. The molecule has 0 fully saturated rings. The van der Waals surface area contributed by atoms with Gasteiger partial charge in [-0.3, -0.25) is 9.59 Å². The summed E-state index contributed by atoms with van der Waals surface area (Å²) in [7, 11) is 0. The van der Waals surface area contributed by atoms with Crippen molar-refractivity contribution in [2.75, 3.05) is 0 Å². The molecule has 0 aliphatic rings. The molecule has 1 heterocycles. The zero-order chi connectivity index (χ0) is 8.43. The van der Waals surface area contributed by atoms with Crippen LogP contribution in [0.4, 0.5) is 4.39 Å². The molecular weight excluding hydrogens is 155 g/mol. The second-order valence-corrected chi connectivity index (χ2v) is 1.72. The molecule has 5 nitrogen and oxygen atoms in total. The van der Waals surface area contributed by atoms with Crippen LogP contribution in [-0.4, -0.2) is 16.0 Å². The van der Waals surface area contributed by atoms with E-state index in [0.29, 0.717) is 6.20 Å². The maximum Gasteiger partial charge on any atom is 0.335 e. The van der Waals surface area contributed by atoms with Gasteiger partial charge in [-0.05, 0) is 0 Å². The van der Waals surface area contributed by atoms with Gasteiger partial charge in [0.2, 0.25) is 12.2 Å². The number of hydrogen-bond acceptors (Lipinski definition) is 3. The first-order chi connectivity index (χ1) is 5.16. The Hall–Kier alpha value is -1.72. The molecule has 0 saturated heterocycles. The van der Waals surface area contributed by atoms with Gasteiger partial charge >= 0.3 is 5.69 Å².